The predicted molar refractivity (Wildman–Crippen MR) is 145 cm³/mol. The molecule has 9 heteroatoms. The summed E-state index contributed by atoms with van der Waals surface area (Å²) < 4.78 is 9.01. The standard InChI is InChI=1S/C26H22BrN5O2S/c1-15-6-4-5-7-22(15)34-14-23-30-32-24(28)21(25(33)29-26(32)35-23)13-18-12-16(2)31(17(18)3)20-10-8-19(27)9-11-20/h4-13,28H,14H2,1-3H3. The van der Waals surface area contributed by atoms with Gasteiger partial charge in [0.2, 0.25) is 5.17 Å². The number of halogens is 1. The number of benzene rings is 2. The summed E-state index contributed by atoms with van der Waals surface area (Å²) in [6.45, 7) is 6.23. The Morgan fingerprint density at radius 1 is 1.11 bits per heavy atom. The van der Waals surface area contributed by atoms with E-state index in [1.165, 1.54) is 16.8 Å². The molecule has 1 aromatic heterocycles. The van der Waals surface area contributed by atoms with Gasteiger partial charge in [-0.05, 0) is 86.1 Å². The highest BCUT2D eigenvalue weighted by molar-refractivity contribution is 9.10. The number of nitrogens with one attached hydrogen (secondary N) is 1. The molecule has 176 valence electrons. The molecule has 5 rings (SSSR count). The van der Waals surface area contributed by atoms with E-state index < -0.39 is 5.91 Å². The summed E-state index contributed by atoms with van der Waals surface area (Å²) >= 11 is 4.72. The lowest BCUT2D eigenvalue weighted by molar-refractivity contribution is -0.114. The number of aryl methyl sites for hydroxylation is 2. The summed E-state index contributed by atoms with van der Waals surface area (Å²) in [4.78, 5) is 17.1. The minimum atomic E-state index is -0.446. The van der Waals surface area contributed by atoms with Crippen LogP contribution in [0.1, 0.15) is 22.5 Å². The van der Waals surface area contributed by atoms with Gasteiger partial charge in [-0.2, -0.15) is 15.1 Å². The van der Waals surface area contributed by atoms with Crippen LogP contribution in [0, 0.1) is 26.2 Å². The zero-order valence-electron chi connectivity index (χ0n) is 19.4. The Morgan fingerprint density at radius 3 is 2.60 bits per heavy atom. The molecule has 2 aromatic carbocycles. The number of hydrogen-bond donors (Lipinski definition) is 1. The molecule has 2 aliphatic rings. The molecule has 7 nitrogen and oxygen atoms in total. The van der Waals surface area contributed by atoms with Crippen LogP contribution in [0.5, 0.6) is 5.75 Å². The zero-order chi connectivity index (χ0) is 24.7. The number of amides is 1. The van der Waals surface area contributed by atoms with Crippen molar-refractivity contribution in [3.63, 3.8) is 0 Å². The third-order valence-electron chi connectivity index (χ3n) is 5.80. The Balaban J connectivity index is 1.40. The summed E-state index contributed by atoms with van der Waals surface area (Å²) in [5.74, 6) is 0.334. The van der Waals surface area contributed by atoms with Crippen molar-refractivity contribution in [2.45, 2.75) is 20.8 Å². The quantitative estimate of drug-likeness (QED) is 0.405. The predicted octanol–water partition coefficient (Wildman–Crippen LogP) is 5.86. The molecule has 0 saturated heterocycles. The van der Waals surface area contributed by atoms with Crippen molar-refractivity contribution in [1.82, 2.24) is 9.58 Å². The second kappa shape index (κ2) is 9.31. The third kappa shape index (κ3) is 4.49. The monoisotopic (exact) mass is 547 g/mol. The number of carbonyl (C=O) groups excluding carboxylic acids is 1. The molecule has 2 aliphatic heterocycles. The first-order valence-electron chi connectivity index (χ1n) is 10.9. The number of amidine groups is 2. The highest BCUT2D eigenvalue weighted by Crippen LogP contribution is 2.30. The van der Waals surface area contributed by atoms with Gasteiger partial charge in [0, 0.05) is 21.5 Å². The highest BCUT2D eigenvalue weighted by atomic mass is 79.9. The molecule has 1 amide bonds. The van der Waals surface area contributed by atoms with Crippen molar-refractivity contribution in [2.24, 2.45) is 10.1 Å². The van der Waals surface area contributed by atoms with E-state index in [9.17, 15) is 4.79 Å². The first-order valence-corrected chi connectivity index (χ1v) is 12.5. The van der Waals surface area contributed by atoms with E-state index in [0.717, 1.165) is 38.4 Å². The number of para-hydroxylation sites is 1. The number of aliphatic imine (C=N–C) groups is 1. The molecule has 35 heavy (non-hydrogen) atoms. The molecule has 3 heterocycles. The summed E-state index contributed by atoms with van der Waals surface area (Å²) in [6, 6.07) is 17.8. The molecular weight excluding hydrogens is 526 g/mol. The Hall–Kier alpha value is -3.43. The molecular formula is C26H22BrN5O2S. The maximum atomic E-state index is 12.9. The minimum Gasteiger partial charge on any atom is -0.486 e. The molecule has 0 bridgehead atoms. The number of hydrazone groups is 1. The van der Waals surface area contributed by atoms with Crippen molar-refractivity contribution < 1.29 is 9.53 Å². The lowest BCUT2D eigenvalue weighted by atomic mass is 10.1. The van der Waals surface area contributed by atoms with Gasteiger partial charge in [0.25, 0.3) is 5.91 Å². The highest BCUT2D eigenvalue weighted by Gasteiger charge is 2.36. The van der Waals surface area contributed by atoms with Crippen LogP contribution in [0.2, 0.25) is 0 Å². The number of carbonyl (C=O) groups is 1. The molecule has 0 radical (unpaired) electrons. The second-order valence-corrected chi connectivity index (χ2v) is 10.2. The largest absolute Gasteiger partial charge is 0.486 e. The molecule has 1 N–H and O–H groups in total. The van der Waals surface area contributed by atoms with Crippen molar-refractivity contribution in [3.05, 3.63) is 87.2 Å². The van der Waals surface area contributed by atoms with Crippen molar-refractivity contribution in [1.29, 1.82) is 5.41 Å². The second-order valence-electron chi connectivity index (χ2n) is 8.21. The number of ether oxygens (including phenoxy) is 1. The van der Waals surface area contributed by atoms with Crippen LogP contribution < -0.4 is 4.74 Å². The van der Waals surface area contributed by atoms with E-state index in [-0.39, 0.29) is 18.0 Å². The molecule has 0 spiro atoms. The lowest BCUT2D eigenvalue weighted by Gasteiger charge is -2.20. The van der Waals surface area contributed by atoms with Crippen molar-refractivity contribution in [3.8, 4) is 11.4 Å². The Morgan fingerprint density at radius 2 is 1.86 bits per heavy atom. The van der Waals surface area contributed by atoms with E-state index in [2.05, 4.69) is 30.6 Å². The van der Waals surface area contributed by atoms with Gasteiger partial charge in [-0.15, -0.1) is 0 Å². The number of hydrogen-bond acceptors (Lipinski definition) is 5. The van der Waals surface area contributed by atoms with Gasteiger partial charge >= 0.3 is 0 Å². The van der Waals surface area contributed by atoms with Crippen molar-refractivity contribution >= 4 is 55.7 Å². The SMILES string of the molecule is Cc1ccccc1OCC1=NN2C(=N)C(=Cc3cc(C)n(-c4ccc(Br)cc4)c3C)C(=O)N=C2S1. The van der Waals surface area contributed by atoms with Gasteiger partial charge in [-0.3, -0.25) is 10.2 Å². The number of fused-ring (bicyclic) bond motifs is 1. The van der Waals surface area contributed by atoms with Gasteiger partial charge in [0.1, 0.15) is 17.4 Å². The fourth-order valence-electron chi connectivity index (χ4n) is 4.02. The fourth-order valence-corrected chi connectivity index (χ4v) is 5.09. The van der Waals surface area contributed by atoms with E-state index in [0.29, 0.717) is 10.2 Å². The number of aromatic nitrogens is 1. The van der Waals surface area contributed by atoms with E-state index >= 15 is 0 Å². The molecule has 0 saturated carbocycles. The van der Waals surface area contributed by atoms with Crippen molar-refractivity contribution in [2.75, 3.05) is 6.61 Å². The number of rotatable bonds is 5. The van der Waals surface area contributed by atoms with Gasteiger partial charge in [0.15, 0.2) is 5.84 Å². The fraction of sp³-hybridized carbons (Fsp3) is 0.154. The molecule has 0 unspecified atom stereocenters. The van der Waals surface area contributed by atoms with E-state index in [1.807, 2.05) is 75.4 Å². The Labute approximate surface area is 215 Å². The van der Waals surface area contributed by atoms with Gasteiger partial charge in [0.05, 0.1) is 5.57 Å². The van der Waals surface area contributed by atoms with Gasteiger partial charge in [-0.1, -0.05) is 34.1 Å². The number of thioether (sulfide) groups is 1. The van der Waals surface area contributed by atoms with Crippen LogP contribution in [0.25, 0.3) is 11.8 Å². The van der Waals surface area contributed by atoms with Crippen LogP contribution >= 0.6 is 27.7 Å². The Kier molecular flexibility index (Phi) is 6.21. The van der Waals surface area contributed by atoms with E-state index in [1.54, 1.807) is 6.08 Å². The first kappa shape index (κ1) is 23.3. The van der Waals surface area contributed by atoms with Crippen LogP contribution in [0.3, 0.4) is 0 Å². The number of nitrogens with zero attached hydrogens (tertiary/aromatic N) is 4. The maximum absolute atomic E-state index is 12.9. The van der Waals surface area contributed by atoms with E-state index in [4.69, 9.17) is 10.1 Å². The average molecular weight is 548 g/mol. The lowest BCUT2D eigenvalue weighted by Crippen LogP contribution is -2.35. The van der Waals surface area contributed by atoms with Crippen LogP contribution in [-0.4, -0.2) is 38.1 Å². The first-order chi connectivity index (χ1) is 16.8. The molecule has 0 fully saturated rings. The van der Waals surface area contributed by atoms with Gasteiger partial charge in [-0.25, -0.2) is 0 Å². The normalized spacial score (nSPS) is 16.5. The summed E-state index contributed by atoms with van der Waals surface area (Å²) in [5.41, 5.74) is 5.11. The summed E-state index contributed by atoms with van der Waals surface area (Å²) in [5, 5.41) is 15.6. The van der Waals surface area contributed by atoms with Crippen LogP contribution in [0.4, 0.5) is 0 Å². The third-order valence-corrected chi connectivity index (χ3v) is 7.21. The van der Waals surface area contributed by atoms with Crippen LogP contribution in [-0.2, 0) is 4.79 Å². The topological polar surface area (TPSA) is 83.0 Å². The zero-order valence-corrected chi connectivity index (χ0v) is 21.8. The molecule has 0 atom stereocenters. The van der Waals surface area contributed by atoms with Gasteiger partial charge < -0.3 is 9.30 Å². The average Bonchev–Trinajstić information content (AvgIpc) is 3.36. The maximum Gasteiger partial charge on any atom is 0.283 e. The van der Waals surface area contributed by atoms with Crippen LogP contribution in [0.15, 0.2) is 74.7 Å². The Bertz CT molecular complexity index is 1450. The molecule has 3 aromatic rings. The molecule has 0 aliphatic carbocycles. The summed E-state index contributed by atoms with van der Waals surface area (Å²) in [6.07, 6.45) is 1.73. The minimum absolute atomic E-state index is 0.00633. The smallest absolute Gasteiger partial charge is 0.283 e. The summed E-state index contributed by atoms with van der Waals surface area (Å²) in [7, 11) is 0.